The molecule has 3 heteroatoms. The van der Waals surface area contributed by atoms with Gasteiger partial charge < -0.3 is 0 Å². The maximum atomic E-state index is 14.7. The number of hydrogen-bond acceptors (Lipinski definition) is 0. The van der Waals surface area contributed by atoms with Crippen LogP contribution in [-0.4, -0.2) is 0 Å². The van der Waals surface area contributed by atoms with E-state index in [-0.39, 0.29) is 5.82 Å². The summed E-state index contributed by atoms with van der Waals surface area (Å²) < 4.78 is 41.3. The lowest BCUT2D eigenvalue weighted by atomic mass is 9.64. The lowest BCUT2D eigenvalue weighted by Crippen LogP contribution is -2.29. The molecule has 2 fully saturated rings. The van der Waals surface area contributed by atoms with Crippen molar-refractivity contribution in [2.45, 2.75) is 51.4 Å². The van der Waals surface area contributed by atoms with E-state index in [9.17, 15) is 13.2 Å². The van der Waals surface area contributed by atoms with Crippen LogP contribution in [0.15, 0.2) is 36.4 Å². The van der Waals surface area contributed by atoms with Crippen molar-refractivity contribution in [3.63, 3.8) is 0 Å². The monoisotopic (exact) mass is 358 g/mol. The lowest BCUT2D eigenvalue weighted by Gasteiger charge is -2.41. The van der Waals surface area contributed by atoms with E-state index in [1.807, 2.05) is 6.07 Å². The minimum Gasteiger partial charge on any atom is -0.206 e. The van der Waals surface area contributed by atoms with Crippen molar-refractivity contribution >= 4 is 0 Å². The van der Waals surface area contributed by atoms with Crippen LogP contribution in [0.5, 0.6) is 0 Å². The molecule has 0 N–H and O–H groups in total. The van der Waals surface area contributed by atoms with Crippen molar-refractivity contribution in [3.8, 4) is 11.1 Å². The molecule has 0 heterocycles. The molecule has 0 radical (unpaired) electrons. The van der Waals surface area contributed by atoms with E-state index in [1.54, 1.807) is 12.1 Å². The van der Waals surface area contributed by atoms with Crippen molar-refractivity contribution in [2.75, 3.05) is 0 Å². The van der Waals surface area contributed by atoms with Crippen LogP contribution < -0.4 is 0 Å². The third-order valence-corrected chi connectivity index (χ3v) is 6.57. The van der Waals surface area contributed by atoms with Crippen LogP contribution in [0.2, 0.25) is 0 Å². The average molecular weight is 358 g/mol. The van der Waals surface area contributed by atoms with Crippen LogP contribution >= 0.6 is 0 Å². The van der Waals surface area contributed by atoms with Gasteiger partial charge in [-0.2, -0.15) is 0 Å². The average Bonchev–Trinajstić information content (AvgIpc) is 2.63. The van der Waals surface area contributed by atoms with Crippen molar-refractivity contribution < 1.29 is 13.2 Å². The fourth-order valence-corrected chi connectivity index (χ4v) is 5.11. The van der Waals surface area contributed by atoms with Crippen molar-refractivity contribution in [1.29, 1.82) is 0 Å². The lowest BCUT2D eigenvalue weighted by molar-refractivity contribution is 0.124. The quantitative estimate of drug-likeness (QED) is 0.537. The molecule has 0 saturated heterocycles. The third kappa shape index (κ3) is 3.41. The Kier molecular flexibility index (Phi) is 4.81. The van der Waals surface area contributed by atoms with Gasteiger partial charge in [-0.25, -0.2) is 13.2 Å². The Morgan fingerprint density at radius 2 is 1.50 bits per heavy atom. The second-order valence-corrected chi connectivity index (χ2v) is 8.32. The Labute approximate surface area is 153 Å². The molecule has 0 amide bonds. The zero-order valence-corrected chi connectivity index (χ0v) is 15.2. The molecule has 0 spiro atoms. The maximum Gasteiger partial charge on any atom is 0.159 e. The molecule has 26 heavy (non-hydrogen) atoms. The summed E-state index contributed by atoms with van der Waals surface area (Å²) in [4.78, 5) is 0. The van der Waals surface area contributed by atoms with E-state index in [0.717, 1.165) is 48.3 Å². The normalized spacial score (nSPS) is 28.6. The molecule has 2 aliphatic carbocycles. The molecule has 2 aromatic carbocycles. The van der Waals surface area contributed by atoms with Crippen LogP contribution in [0.4, 0.5) is 13.2 Å². The Bertz CT molecular complexity index is 798. The first kappa shape index (κ1) is 17.6. The summed E-state index contributed by atoms with van der Waals surface area (Å²) in [5.41, 5.74) is 1.75. The van der Waals surface area contributed by atoms with Crippen LogP contribution in [0.25, 0.3) is 11.1 Å². The molecule has 2 saturated carbocycles. The zero-order valence-electron chi connectivity index (χ0n) is 15.2. The van der Waals surface area contributed by atoms with Gasteiger partial charge in [0.05, 0.1) is 0 Å². The van der Waals surface area contributed by atoms with Gasteiger partial charge in [0.15, 0.2) is 11.6 Å². The Balaban J connectivity index is 1.53. The minimum atomic E-state index is -0.948. The number of rotatable bonds is 2. The Morgan fingerprint density at radius 1 is 0.731 bits per heavy atom. The summed E-state index contributed by atoms with van der Waals surface area (Å²) in [6.45, 7) is 2.36. The largest absolute Gasteiger partial charge is 0.206 e. The highest BCUT2D eigenvalue weighted by atomic mass is 19.2. The van der Waals surface area contributed by atoms with Crippen LogP contribution in [-0.2, 0) is 0 Å². The van der Waals surface area contributed by atoms with Gasteiger partial charge in [-0.15, -0.1) is 0 Å². The van der Waals surface area contributed by atoms with Crippen LogP contribution in [0.3, 0.4) is 0 Å². The molecule has 0 aromatic heterocycles. The molecule has 2 aromatic rings. The summed E-state index contributed by atoms with van der Waals surface area (Å²) in [5, 5.41) is 0. The summed E-state index contributed by atoms with van der Waals surface area (Å²) >= 11 is 0. The van der Waals surface area contributed by atoms with Gasteiger partial charge in [0.25, 0.3) is 0 Å². The molecule has 4 rings (SSSR count). The predicted molar refractivity (Wildman–Crippen MR) is 98.3 cm³/mol. The topological polar surface area (TPSA) is 0 Å². The van der Waals surface area contributed by atoms with Gasteiger partial charge >= 0.3 is 0 Å². The first-order chi connectivity index (χ1) is 12.5. The van der Waals surface area contributed by atoms with E-state index in [1.165, 1.54) is 31.7 Å². The Morgan fingerprint density at radius 3 is 2.27 bits per heavy atom. The highest BCUT2D eigenvalue weighted by molar-refractivity contribution is 5.64. The SMILES string of the molecule is CC1CC[C@@H]2C[C@H](c3ccc(-c4ccc(F)c(F)c4)c(F)c3)CC[C@@H]2C1. The molecular formula is C23H25F3. The summed E-state index contributed by atoms with van der Waals surface area (Å²) in [6, 6.07) is 8.81. The minimum absolute atomic E-state index is 0.327. The first-order valence-corrected chi connectivity index (χ1v) is 9.76. The summed E-state index contributed by atoms with van der Waals surface area (Å²) in [7, 11) is 0. The summed E-state index contributed by atoms with van der Waals surface area (Å²) in [5.74, 6) is 0.673. The molecule has 0 bridgehead atoms. The van der Waals surface area contributed by atoms with Gasteiger partial charge in [-0.05, 0) is 85.1 Å². The van der Waals surface area contributed by atoms with E-state index < -0.39 is 11.6 Å². The zero-order chi connectivity index (χ0) is 18.3. The van der Waals surface area contributed by atoms with E-state index in [2.05, 4.69) is 6.92 Å². The van der Waals surface area contributed by atoms with Crippen molar-refractivity contribution in [3.05, 3.63) is 59.4 Å². The van der Waals surface area contributed by atoms with Crippen molar-refractivity contribution in [1.82, 2.24) is 0 Å². The molecule has 0 aliphatic heterocycles. The molecule has 0 nitrogen and oxygen atoms in total. The fourth-order valence-electron chi connectivity index (χ4n) is 5.11. The van der Waals surface area contributed by atoms with E-state index >= 15 is 0 Å². The van der Waals surface area contributed by atoms with Gasteiger partial charge in [-0.1, -0.05) is 31.5 Å². The van der Waals surface area contributed by atoms with Crippen LogP contribution in [0.1, 0.15) is 56.9 Å². The van der Waals surface area contributed by atoms with Crippen LogP contribution in [0, 0.1) is 35.2 Å². The summed E-state index contributed by atoms with van der Waals surface area (Å²) in [6.07, 6.45) is 7.49. The van der Waals surface area contributed by atoms with Crippen molar-refractivity contribution in [2.24, 2.45) is 17.8 Å². The smallest absolute Gasteiger partial charge is 0.159 e. The van der Waals surface area contributed by atoms with Gasteiger partial charge in [-0.3, -0.25) is 0 Å². The second-order valence-electron chi connectivity index (χ2n) is 8.32. The fraction of sp³-hybridized carbons (Fsp3) is 0.478. The Hall–Kier alpha value is -1.77. The van der Waals surface area contributed by atoms with E-state index in [4.69, 9.17) is 0 Å². The number of hydrogen-bond donors (Lipinski definition) is 0. The highest BCUT2D eigenvalue weighted by Gasteiger charge is 2.34. The molecule has 1 unspecified atom stereocenters. The van der Waals surface area contributed by atoms with Gasteiger partial charge in [0, 0.05) is 5.56 Å². The number of fused-ring (bicyclic) bond motifs is 1. The molecular weight excluding hydrogens is 333 g/mol. The van der Waals surface area contributed by atoms with E-state index in [0.29, 0.717) is 17.0 Å². The molecule has 2 aliphatic rings. The second kappa shape index (κ2) is 7.09. The van der Waals surface area contributed by atoms with Gasteiger partial charge in [0.1, 0.15) is 5.82 Å². The predicted octanol–water partition coefficient (Wildman–Crippen LogP) is 7.09. The standard InChI is InChI=1S/C23H25F3/c1-14-2-3-16-11-17(5-4-15(16)10-14)18-6-8-20(22(25)12-18)19-7-9-21(24)23(26)13-19/h6-9,12-17H,2-5,10-11H2,1H3/t14?,15-,16-,17-/m1/s1. The molecule has 138 valence electrons. The highest BCUT2D eigenvalue weighted by Crippen LogP contribution is 2.47. The molecule has 4 atom stereocenters. The first-order valence-electron chi connectivity index (χ1n) is 9.76. The number of benzene rings is 2. The third-order valence-electron chi connectivity index (χ3n) is 6.57. The number of halogens is 3. The van der Waals surface area contributed by atoms with Gasteiger partial charge in [0.2, 0.25) is 0 Å². The maximum absolute atomic E-state index is 14.7.